The van der Waals surface area contributed by atoms with Crippen molar-refractivity contribution in [3.05, 3.63) is 17.3 Å². The fourth-order valence-electron chi connectivity index (χ4n) is 1.28. The smallest absolute Gasteiger partial charge is 0.494 e. The molecule has 1 aromatic heterocycles. The quantitative estimate of drug-likeness (QED) is 0.633. The third-order valence-electron chi connectivity index (χ3n) is 2.06. The second kappa shape index (κ2) is 5.66. The summed E-state index contributed by atoms with van der Waals surface area (Å²) < 4.78 is 86.4. The van der Waals surface area contributed by atoms with E-state index in [0.717, 1.165) is 14.2 Å². The van der Waals surface area contributed by atoms with E-state index in [0.29, 0.717) is 6.07 Å². The number of nitrogens with zero attached hydrogens (tertiary/aromatic N) is 1. The fourth-order valence-corrected chi connectivity index (χ4v) is 1.28. The zero-order valence-electron chi connectivity index (χ0n) is 10.4. The van der Waals surface area contributed by atoms with Crippen LogP contribution in [0.15, 0.2) is 6.07 Å². The monoisotopic (exact) mass is 319 g/mol. The lowest BCUT2D eigenvalue weighted by atomic mass is 10.2. The maximum absolute atomic E-state index is 12.7. The van der Waals surface area contributed by atoms with Crippen LogP contribution in [0.5, 0.6) is 11.6 Å². The van der Waals surface area contributed by atoms with Gasteiger partial charge in [-0.25, -0.2) is 9.78 Å². The van der Waals surface area contributed by atoms with Crippen LogP contribution in [0.4, 0.5) is 26.3 Å². The van der Waals surface area contributed by atoms with Gasteiger partial charge in [0.05, 0.1) is 14.2 Å². The largest absolute Gasteiger partial charge is 0.574 e. The van der Waals surface area contributed by atoms with Crippen molar-refractivity contribution in [2.24, 2.45) is 0 Å². The molecule has 0 spiro atoms. The lowest BCUT2D eigenvalue weighted by molar-refractivity contribution is -0.276. The number of hydrogen-bond acceptors (Lipinski definition) is 5. The molecule has 0 unspecified atom stereocenters. The summed E-state index contributed by atoms with van der Waals surface area (Å²) in [5.74, 6) is -3.89. The molecule has 0 saturated carbocycles. The minimum Gasteiger partial charge on any atom is -0.494 e. The first-order chi connectivity index (χ1) is 9.49. The minimum absolute atomic E-state index is 0.405. The van der Waals surface area contributed by atoms with Gasteiger partial charge < -0.3 is 14.2 Å². The second-order valence-corrected chi connectivity index (χ2v) is 3.43. The molecule has 1 heterocycles. The molecule has 1 aromatic rings. The molecule has 21 heavy (non-hydrogen) atoms. The van der Waals surface area contributed by atoms with E-state index >= 15 is 0 Å². The SMILES string of the molecule is COC(=O)c1cc(OC)c(C(F)(F)F)nc1OC(F)(F)F. The van der Waals surface area contributed by atoms with Gasteiger partial charge in [0, 0.05) is 6.07 Å². The van der Waals surface area contributed by atoms with Gasteiger partial charge >= 0.3 is 18.5 Å². The van der Waals surface area contributed by atoms with Crippen LogP contribution in [0, 0.1) is 0 Å². The Hall–Kier alpha value is -2.20. The molecule has 0 saturated heterocycles. The molecule has 0 bridgehead atoms. The number of carbonyl (C=O) groups is 1. The lowest BCUT2D eigenvalue weighted by Gasteiger charge is -2.16. The van der Waals surface area contributed by atoms with Crippen molar-refractivity contribution in [1.29, 1.82) is 0 Å². The predicted octanol–water partition coefficient (Wildman–Crippen LogP) is 2.79. The molecule has 0 radical (unpaired) electrons. The van der Waals surface area contributed by atoms with Gasteiger partial charge in [-0.2, -0.15) is 13.2 Å². The summed E-state index contributed by atoms with van der Waals surface area (Å²) >= 11 is 0. The highest BCUT2D eigenvalue weighted by molar-refractivity contribution is 5.92. The Kier molecular flexibility index (Phi) is 4.54. The Balaban J connectivity index is 3.53. The van der Waals surface area contributed by atoms with Crippen LogP contribution in [0.2, 0.25) is 0 Å². The molecule has 0 aromatic carbocycles. The zero-order chi connectivity index (χ0) is 16.4. The number of methoxy groups -OCH3 is 2. The van der Waals surface area contributed by atoms with Crippen molar-refractivity contribution < 1.29 is 45.3 Å². The third-order valence-corrected chi connectivity index (χ3v) is 2.06. The Labute approximate surface area is 113 Å². The summed E-state index contributed by atoms with van der Waals surface area (Å²) in [4.78, 5) is 14.0. The molecule has 0 fully saturated rings. The van der Waals surface area contributed by atoms with Crippen LogP contribution >= 0.6 is 0 Å². The first kappa shape index (κ1) is 16.9. The summed E-state index contributed by atoms with van der Waals surface area (Å²) in [6.45, 7) is 0. The topological polar surface area (TPSA) is 57.7 Å². The van der Waals surface area contributed by atoms with Crippen molar-refractivity contribution in [2.45, 2.75) is 12.5 Å². The Morgan fingerprint density at radius 3 is 2.10 bits per heavy atom. The van der Waals surface area contributed by atoms with Crippen LogP contribution in [0.1, 0.15) is 16.1 Å². The van der Waals surface area contributed by atoms with Crippen molar-refractivity contribution in [1.82, 2.24) is 4.98 Å². The van der Waals surface area contributed by atoms with E-state index in [1.807, 2.05) is 0 Å². The Morgan fingerprint density at radius 1 is 1.14 bits per heavy atom. The van der Waals surface area contributed by atoms with Gasteiger partial charge in [-0.1, -0.05) is 0 Å². The van der Waals surface area contributed by atoms with E-state index in [9.17, 15) is 31.1 Å². The maximum Gasteiger partial charge on any atom is 0.574 e. The van der Waals surface area contributed by atoms with Gasteiger partial charge in [0.15, 0.2) is 11.4 Å². The van der Waals surface area contributed by atoms with E-state index in [4.69, 9.17) is 0 Å². The zero-order valence-corrected chi connectivity index (χ0v) is 10.4. The van der Waals surface area contributed by atoms with Gasteiger partial charge in [0.2, 0.25) is 5.88 Å². The molecule has 0 amide bonds. The van der Waals surface area contributed by atoms with E-state index in [1.165, 1.54) is 0 Å². The average Bonchev–Trinajstić information content (AvgIpc) is 2.34. The molecule has 0 aliphatic carbocycles. The number of alkyl halides is 6. The summed E-state index contributed by atoms with van der Waals surface area (Å²) in [6.07, 6.45) is -10.4. The number of aromatic nitrogens is 1. The van der Waals surface area contributed by atoms with Gasteiger partial charge in [-0.15, -0.1) is 13.2 Å². The first-order valence-electron chi connectivity index (χ1n) is 5.00. The normalized spacial score (nSPS) is 12.0. The van der Waals surface area contributed by atoms with Crippen molar-refractivity contribution in [3.63, 3.8) is 0 Å². The molecule has 0 atom stereocenters. The van der Waals surface area contributed by atoms with Crippen LogP contribution in [0.25, 0.3) is 0 Å². The van der Waals surface area contributed by atoms with Crippen molar-refractivity contribution in [3.8, 4) is 11.6 Å². The fraction of sp³-hybridized carbons (Fsp3) is 0.400. The number of halogens is 6. The van der Waals surface area contributed by atoms with Crippen molar-refractivity contribution in [2.75, 3.05) is 14.2 Å². The highest BCUT2D eigenvalue weighted by atomic mass is 19.4. The van der Waals surface area contributed by atoms with Crippen LogP contribution < -0.4 is 9.47 Å². The average molecular weight is 319 g/mol. The minimum atomic E-state index is -5.34. The van der Waals surface area contributed by atoms with Gasteiger partial charge in [-0.3, -0.25) is 0 Å². The van der Waals surface area contributed by atoms with E-state index in [1.54, 1.807) is 0 Å². The molecule has 0 aliphatic heterocycles. The second-order valence-electron chi connectivity index (χ2n) is 3.43. The third kappa shape index (κ3) is 4.13. The highest BCUT2D eigenvalue weighted by Crippen LogP contribution is 2.38. The Bertz CT molecular complexity index is 540. The standard InChI is InChI=1S/C10H7F6NO4/c1-19-5-3-4(8(18)20-2)7(21-10(14,15)16)17-6(5)9(11,12)13/h3H,1-2H3. The summed E-state index contributed by atoms with van der Waals surface area (Å²) in [5, 5.41) is 0. The first-order valence-corrected chi connectivity index (χ1v) is 5.00. The van der Waals surface area contributed by atoms with E-state index in [2.05, 4.69) is 19.2 Å². The molecule has 0 aliphatic rings. The maximum atomic E-state index is 12.7. The number of carbonyl (C=O) groups excluding carboxylic acids is 1. The van der Waals surface area contributed by atoms with Gasteiger partial charge in [-0.05, 0) is 0 Å². The highest BCUT2D eigenvalue weighted by Gasteiger charge is 2.41. The summed E-state index contributed by atoms with van der Waals surface area (Å²) in [7, 11) is 1.65. The number of rotatable bonds is 3. The summed E-state index contributed by atoms with van der Waals surface area (Å²) in [5.41, 5.74) is -2.73. The van der Waals surface area contributed by atoms with Crippen LogP contribution in [0.3, 0.4) is 0 Å². The molecule has 118 valence electrons. The number of hydrogen-bond donors (Lipinski definition) is 0. The van der Waals surface area contributed by atoms with Gasteiger partial charge in [0.25, 0.3) is 0 Å². The molecule has 1 rings (SSSR count). The Morgan fingerprint density at radius 2 is 1.71 bits per heavy atom. The number of pyridine rings is 1. The predicted molar refractivity (Wildman–Crippen MR) is 53.8 cm³/mol. The van der Waals surface area contributed by atoms with Crippen molar-refractivity contribution >= 4 is 5.97 Å². The molecule has 5 nitrogen and oxygen atoms in total. The number of ether oxygens (including phenoxy) is 3. The lowest BCUT2D eigenvalue weighted by Crippen LogP contribution is -2.22. The number of esters is 1. The molecular weight excluding hydrogens is 312 g/mol. The van der Waals surface area contributed by atoms with E-state index in [-0.39, 0.29) is 0 Å². The van der Waals surface area contributed by atoms with Crippen LogP contribution in [-0.2, 0) is 10.9 Å². The molecule has 0 N–H and O–H groups in total. The molecular formula is C10H7F6NO4. The molecule has 11 heteroatoms. The van der Waals surface area contributed by atoms with Crippen LogP contribution in [-0.4, -0.2) is 31.5 Å². The van der Waals surface area contributed by atoms with E-state index < -0.39 is 41.4 Å². The van der Waals surface area contributed by atoms with Gasteiger partial charge in [0.1, 0.15) is 5.56 Å². The summed E-state index contributed by atoms with van der Waals surface area (Å²) in [6, 6.07) is 0.405.